The zero-order chi connectivity index (χ0) is 23.3. The van der Waals surface area contributed by atoms with Crippen molar-refractivity contribution < 1.29 is 27.7 Å². The molecule has 1 fully saturated rings. The third-order valence-corrected chi connectivity index (χ3v) is 5.83. The fourth-order valence-corrected chi connectivity index (χ4v) is 3.85. The van der Waals surface area contributed by atoms with Crippen molar-refractivity contribution in [3.8, 4) is 0 Å². The number of amides is 1. The molecule has 3 rings (SSSR count). The Morgan fingerprint density at radius 3 is 2.34 bits per heavy atom. The molecule has 0 unspecified atom stereocenters. The van der Waals surface area contributed by atoms with E-state index in [2.05, 4.69) is 5.32 Å². The molecule has 3 N–H and O–H groups in total. The molecule has 1 amide bonds. The van der Waals surface area contributed by atoms with Crippen LogP contribution in [0.2, 0.25) is 0 Å². The van der Waals surface area contributed by atoms with Crippen molar-refractivity contribution in [3.05, 3.63) is 58.1 Å². The van der Waals surface area contributed by atoms with Gasteiger partial charge in [-0.15, -0.1) is 0 Å². The first-order valence-electron chi connectivity index (χ1n) is 9.78. The number of nitro groups is 1. The van der Waals surface area contributed by atoms with Crippen LogP contribution in [0.1, 0.15) is 29.6 Å². The van der Waals surface area contributed by atoms with E-state index in [-0.39, 0.29) is 21.8 Å². The minimum atomic E-state index is -3.85. The summed E-state index contributed by atoms with van der Waals surface area (Å²) >= 11 is 0. The van der Waals surface area contributed by atoms with Gasteiger partial charge in [0, 0.05) is 24.8 Å². The summed E-state index contributed by atoms with van der Waals surface area (Å²) < 4.78 is 27.4. The highest BCUT2D eigenvalue weighted by Crippen LogP contribution is 2.31. The van der Waals surface area contributed by atoms with Crippen LogP contribution in [0.25, 0.3) is 0 Å². The summed E-state index contributed by atoms with van der Waals surface area (Å²) in [5.41, 5.74) is 0.496. The number of nitrogens with zero attached hydrogens (tertiary/aromatic N) is 2. The minimum Gasteiger partial charge on any atom is -0.452 e. The number of nitro benzene ring substituents is 1. The Morgan fingerprint density at radius 2 is 1.75 bits per heavy atom. The second-order valence-corrected chi connectivity index (χ2v) is 8.76. The molecule has 2 aromatic rings. The summed E-state index contributed by atoms with van der Waals surface area (Å²) in [5.74, 6) is -1.54. The maximum atomic E-state index is 12.3. The zero-order valence-electron chi connectivity index (χ0n) is 17.0. The average molecular weight is 462 g/mol. The maximum Gasteiger partial charge on any atom is 0.338 e. The van der Waals surface area contributed by atoms with Crippen LogP contribution in [0.5, 0.6) is 0 Å². The molecule has 0 radical (unpaired) electrons. The highest BCUT2D eigenvalue weighted by molar-refractivity contribution is 7.89. The molecule has 0 spiro atoms. The lowest BCUT2D eigenvalue weighted by Crippen LogP contribution is -2.30. The van der Waals surface area contributed by atoms with Gasteiger partial charge in [-0.05, 0) is 55.7 Å². The molecule has 170 valence electrons. The van der Waals surface area contributed by atoms with Gasteiger partial charge in [0.25, 0.3) is 11.6 Å². The van der Waals surface area contributed by atoms with E-state index >= 15 is 0 Å². The number of benzene rings is 2. The quantitative estimate of drug-likeness (QED) is 0.359. The van der Waals surface area contributed by atoms with Crippen molar-refractivity contribution >= 4 is 39.0 Å². The van der Waals surface area contributed by atoms with E-state index in [0.717, 1.165) is 25.3 Å². The highest BCUT2D eigenvalue weighted by atomic mass is 32.2. The molecule has 2 aromatic carbocycles. The fraction of sp³-hybridized carbons (Fsp3) is 0.300. The first-order chi connectivity index (χ1) is 15.1. The van der Waals surface area contributed by atoms with E-state index in [1.54, 1.807) is 0 Å². The smallest absolute Gasteiger partial charge is 0.338 e. The number of nitrogens with two attached hydrogens (primary N) is 1. The highest BCUT2D eigenvalue weighted by Gasteiger charge is 2.24. The SMILES string of the molecule is NS(=O)(=O)c1ccc(NC(=O)COC(=O)c2ccc(N3CCCCC3)c([N+](=O)[O-])c2)cc1. The number of hydrogen-bond donors (Lipinski definition) is 2. The molecule has 1 saturated heterocycles. The van der Waals surface area contributed by atoms with Gasteiger partial charge in [-0.1, -0.05) is 0 Å². The molecule has 0 saturated carbocycles. The first kappa shape index (κ1) is 23.2. The van der Waals surface area contributed by atoms with Crippen LogP contribution in [0, 0.1) is 10.1 Å². The number of nitrogens with one attached hydrogen (secondary N) is 1. The molecule has 0 aliphatic carbocycles. The van der Waals surface area contributed by atoms with E-state index in [9.17, 15) is 28.1 Å². The maximum absolute atomic E-state index is 12.3. The van der Waals surface area contributed by atoms with E-state index in [1.165, 1.54) is 36.4 Å². The van der Waals surface area contributed by atoms with Crippen molar-refractivity contribution in [3.63, 3.8) is 0 Å². The van der Waals surface area contributed by atoms with E-state index < -0.39 is 33.4 Å². The number of ether oxygens (including phenoxy) is 1. The van der Waals surface area contributed by atoms with Crippen molar-refractivity contribution in [2.45, 2.75) is 24.2 Å². The number of piperidine rings is 1. The number of sulfonamides is 1. The Labute approximate surface area is 184 Å². The number of anilines is 2. The number of hydrogen-bond acceptors (Lipinski definition) is 8. The van der Waals surface area contributed by atoms with Crippen LogP contribution in [-0.2, 0) is 19.6 Å². The van der Waals surface area contributed by atoms with Crippen molar-refractivity contribution in [1.29, 1.82) is 0 Å². The van der Waals surface area contributed by atoms with Crippen molar-refractivity contribution in [1.82, 2.24) is 0 Å². The lowest BCUT2D eigenvalue weighted by Gasteiger charge is -2.28. The van der Waals surface area contributed by atoms with Gasteiger partial charge in [-0.2, -0.15) is 0 Å². The minimum absolute atomic E-state index is 0.0391. The number of rotatable bonds is 7. The summed E-state index contributed by atoms with van der Waals surface area (Å²) in [6.07, 6.45) is 2.97. The normalized spacial score (nSPS) is 14.0. The van der Waals surface area contributed by atoms with E-state index in [4.69, 9.17) is 9.88 Å². The molecule has 11 nitrogen and oxygen atoms in total. The van der Waals surface area contributed by atoms with Crippen LogP contribution in [0.3, 0.4) is 0 Å². The molecule has 0 aromatic heterocycles. The Bertz CT molecular complexity index is 1130. The molecule has 1 aliphatic rings. The van der Waals surface area contributed by atoms with Crippen LogP contribution in [0.4, 0.5) is 17.1 Å². The second kappa shape index (κ2) is 9.75. The van der Waals surface area contributed by atoms with Gasteiger partial charge in [0.15, 0.2) is 6.61 Å². The monoisotopic (exact) mass is 462 g/mol. The van der Waals surface area contributed by atoms with Crippen LogP contribution in [-0.4, -0.2) is 44.9 Å². The van der Waals surface area contributed by atoms with Gasteiger partial charge in [-0.25, -0.2) is 18.4 Å². The first-order valence-corrected chi connectivity index (χ1v) is 11.3. The molecule has 1 heterocycles. The summed E-state index contributed by atoms with van der Waals surface area (Å²) in [7, 11) is -3.85. The molecule has 1 aliphatic heterocycles. The Morgan fingerprint density at radius 1 is 1.09 bits per heavy atom. The van der Waals surface area contributed by atoms with Crippen LogP contribution < -0.4 is 15.4 Å². The predicted molar refractivity (Wildman–Crippen MR) is 116 cm³/mol. The molecule has 32 heavy (non-hydrogen) atoms. The third kappa shape index (κ3) is 5.80. The van der Waals surface area contributed by atoms with Gasteiger partial charge in [0.1, 0.15) is 5.69 Å². The summed E-state index contributed by atoms with van der Waals surface area (Å²) in [5, 5.41) is 19.0. The zero-order valence-corrected chi connectivity index (χ0v) is 17.8. The molecular weight excluding hydrogens is 440 g/mol. The molecule has 0 bridgehead atoms. The number of carbonyl (C=O) groups excluding carboxylic acids is 2. The van der Waals surface area contributed by atoms with E-state index in [0.29, 0.717) is 18.8 Å². The Balaban J connectivity index is 1.62. The van der Waals surface area contributed by atoms with Gasteiger partial charge in [0.2, 0.25) is 10.0 Å². The van der Waals surface area contributed by atoms with Crippen molar-refractivity contribution in [2.75, 3.05) is 29.9 Å². The summed E-state index contributed by atoms with van der Waals surface area (Å²) in [6.45, 7) is 0.795. The molecule has 0 atom stereocenters. The Hall–Kier alpha value is -3.51. The standard InChI is InChI=1S/C20H22N4O7S/c21-32(29,30)16-7-5-15(6-8-16)22-19(25)13-31-20(26)14-4-9-17(18(12-14)24(27)28)23-10-2-1-3-11-23/h4-9,12H,1-3,10-11,13H2,(H,22,25)(H2,21,29,30). The number of primary sulfonamides is 1. The molecule has 12 heteroatoms. The summed E-state index contributed by atoms with van der Waals surface area (Å²) in [4.78, 5) is 37.1. The van der Waals surface area contributed by atoms with E-state index in [1.807, 2.05) is 4.90 Å². The fourth-order valence-electron chi connectivity index (χ4n) is 3.34. The van der Waals surface area contributed by atoms with Gasteiger partial charge in [0.05, 0.1) is 15.4 Å². The topological polar surface area (TPSA) is 162 Å². The number of carbonyl (C=O) groups is 2. The molecular formula is C20H22N4O7S. The summed E-state index contributed by atoms with van der Waals surface area (Å²) in [6, 6.07) is 9.22. The second-order valence-electron chi connectivity index (χ2n) is 7.20. The largest absolute Gasteiger partial charge is 0.452 e. The number of esters is 1. The van der Waals surface area contributed by atoms with Gasteiger partial charge < -0.3 is 15.0 Å². The van der Waals surface area contributed by atoms with Crippen molar-refractivity contribution in [2.24, 2.45) is 5.14 Å². The third-order valence-electron chi connectivity index (χ3n) is 4.91. The lowest BCUT2D eigenvalue weighted by atomic mass is 10.1. The van der Waals surface area contributed by atoms with Crippen LogP contribution >= 0.6 is 0 Å². The van der Waals surface area contributed by atoms with Crippen LogP contribution in [0.15, 0.2) is 47.4 Å². The predicted octanol–water partition coefficient (Wildman–Crippen LogP) is 2.03. The van der Waals surface area contributed by atoms with Gasteiger partial charge >= 0.3 is 5.97 Å². The lowest BCUT2D eigenvalue weighted by molar-refractivity contribution is -0.384. The Kier molecular flexibility index (Phi) is 7.05. The van der Waals surface area contributed by atoms with Gasteiger partial charge in [-0.3, -0.25) is 14.9 Å². The average Bonchev–Trinajstić information content (AvgIpc) is 2.77.